The van der Waals surface area contributed by atoms with Crippen molar-refractivity contribution in [1.29, 1.82) is 0 Å². The molecule has 1 heterocycles. The second-order valence-corrected chi connectivity index (χ2v) is 4.22. The molecule has 18 heavy (non-hydrogen) atoms. The largest absolute Gasteiger partial charge is 0.382 e. The van der Waals surface area contributed by atoms with Crippen LogP contribution in [-0.2, 0) is 0 Å². The molecule has 0 amide bonds. The first kappa shape index (κ1) is 12.5. The summed E-state index contributed by atoms with van der Waals surface area (Å²) in [5.41, 5.74) is 9.71. The smallest absolute Gasteiger partial charge is 0.116 e. The fraction of sp³-hybridized carbons (Fsp3) is 0.286. The summed E-state index contributed by atoms with van der Waals surface area (Å²) in [5.74, 6) is 0. The van der Waals surface area contributed by atoms with Crippen molar-refractivity contribution in [3.63, 3.8) is 0 Å². The van der Waals surface area contributed by atoms with Crippen LogP contribution in [0.5, 0.6) is 0 Å². The van der Waals surface area contributed by atoms with E-state index in [-0.39, 0.29) is 0 Å². The van der Waals surface area contributed by atoms with Crippen LogP contribution in [0.25, 0.3) is 11.3 Å². The van der Waals surface area contributed by atoms with E-state index >= 15 is 0 Å². The molecule has 0 bridgehead atoms. The molecule has 0 saturated carbocycles. The van der Waals surface area contributed by atoms with Crippen LogP contribution < -0.4 is 11.1 Å². The zero-order chi connectivity index (χ0) is 12.8. The molecule has 0 unspecified atom stereocenters. The summed E-state index contributed by atoms with van der Waals surface area (Å²) in [4.78, 5) is 8.41. The van der Waals surface area contributed by atoms with E-state index in [1.54, 1.807) is 12.5 Å². The Bertz CT molecular complexity index is 493. The van der Waals surface area contributed by atoms with Crippen molar-refractivity contribution in [2.24, 2.45) is 5.73 Å². The monoisotopic (exact) mass is 242 g/mol. The van der Waals surface area contributed by atoms with Crippen molar-refractivity contribution in [3.05, 3.63) is 42.4 Å². The highest BCUT2D eigenvalue weighted by molar-refractivity contribution is 5.73. The van der Waals surface area contributed by atoms with Crippen LogP contribution in [0, 0.1) is 6.92 Å². The molecule has 0 saturated heterocycles. The molecule has 0 aliphatic rings. The predicted octanol–water partition coefficient (Wildman–Crippen LogP) is 2.21. The van der Waals surface area contributed by atoms with E-state index < -0.39 is 0 Å². The number of anilines is 1. The third-order valence-electron chi connectivity index (χ3n) is 2.73. The minimum Gasteiger partial charge on any atom is -0.382 e. The van der Waals surface area contributed by atoms with Gasteiger partial charge >= 0.3 is 0 Å². The summed E-state index contributed by atoms with van der Waals surface area (Å²) in [6.45, 7) is 3.59. The number of nitrogens with one attached hydrogen (secondary N) is 1. The maximum atomic E-state index is 5.49. The zero-order valence-electron chi connectivity index (χ0n) is 10.6. The number of nitrogens with two attached hydrogens (primary N) is 1. The molecule has 3 N–H and O–H groups in total. The van der Waals surface area contributed by atoms with Crippen molar-refractivity contribution in [2.75, 3.05) is 18.4 Å². The van der Waals surface area contributed by atoms with Crippen molar-refractivity contribution < 1.29 is 0 Å². The van der Waals surface area contributed by atoms with Crippen LogP contribution in [0.3, 0.4) is 0 Å². The van der Waals surface area contributed by atoms with Gasteiger partial charge in [0.1, 0.15) is 6.33 Å². The normalized spacial score (nSPS) is 10.3. The summed E-state index contributed by atoms with van der Waals surface area (Å²) >= 11 is 0. The topological polar surface area (TPSA) is 63.8 Å². The Kier molecular flexibility index (Phi) is 4.25. The maximum Gasteiger partial charge on any atom is 0.116 e. The number of hydrogen-bond donors (Lipinski definition) is 2. The Labute approximate surface area is 107 Å². The van der Waals surface area contributed by atoms with E-state index in [9.17, 15) is 0 Å². The Hall–Kier alpha value is -1.94. The Morgan fingerprint density at radius 2 is 2.00 bits per heavy atom. The molecule has 4 heteroatoms. The lowest BCUT2D eigenvalue weighted by atomic mass is 10.1. The van der Waals surface area contributed by atoms with Crippen LogP contribution in [-0.4, -0.2) is 23.1 Å². The zero-order valence-corrected chi connectivity index (χ0v) is 10.6. The van der Waals surface area contributed by atoms with Crippen molar-refractivity contribution in [3.8, 4) is 11.3 Å². The third-order valence-corrected chi connectivity index (χ3v) is 2.73. The number of hydrogen-bond acceptors (Lipinski definition) is 4. The summed E-state index contributed by atoms with van der Waals surface area (Å²) in [6, 6.07) is 8.32. The van der Waals surface area contributed by atoms with E-state index in [0.29, 0.717) is 6.54 Å². The lowest BCUT2D eigenvalue weighted by Crippen LogP contribution is -2.09. The van der Waals surface area contributed by atoms with E-state index in [4.69, 9.17) is 5.73 Å². The average Bonchev–Trinajstić information content (AvgIpc) is 2.41. The number of aromatic nitrogens is 2. The highest BCUT2D eigenvalue weighted by Gasteiger charge is 2.05. The first-order valence-electron chi connectivity index (χ1n) is 6.12. The molecule has 0 fully saturated rings. The number of benzene rings is 1. The predicted molar refractivity (Wildman–Crippen MR) is 74.4 cm³/mol. The van der Waals surface area contributed by atoms with Crippen LogP contribution in [0.2, 0.25) is 0 Å². The van der Waals surface area contributed by atoms with Gasteiger partial charge in [-0.25, -0.2) is 9.97 Å². The fourth-order valence-corrected chi connectivity index (χ4v) is 1.73. The standard InChI is InChI=1S/C14H18N4/c1-11-3-5-12(6-4-11)14-13(9-16-10-18-14)17-8-2-7-15/h3-6,9-10,17H,2,7-8,15H2,1H3. The second-order valence-electron chi connectivity index (χ2n) is 4.22. The molecule has 1 aromatic carbocycles. The number of rotatable bonds is 5. The Balaban J connectivity index is 2.23. The van der Waals surface area contributed by atoms with E-state index in [1.165, 1.54) is 5.56 Å². The van der Waals surface area contributed by atoms with Gasteiger partial charge in [-0.1, -0.05) is 29.8 Å². The summed E-state index contributed by atoms with van der Waals surface area (Å²) in [5, 5.41) is 3.32. The van der Waals surface area contributed by atoms with Crippen LogP contribution in [0.4, 0.5) is 5.69 Å². The Morgan fingerprint density at radius 1 is 1.22 bits per heavy atom. The molecule has 2 rings (SSSR count). The van der Waals surface area contributed by atoms with Gasteiger partial charge in [0.05, 0.1) is 17.6 Å². The van der Waals surface area contributed by atoms with Crippen molar-refractivity contribution in [2.45, 2.75) is 13.3 Å². The van der Waals surface area contributed by atoms with Crippen molar-refractivity contribution in [1.82, 2.24) is 9.97 Å². The lowest BCUT2D eigenvalue weighted by molar-refractivity contribution is 0.873. The van der Waals surface area contributed by atoms with E-state index in [0.717, 1.165) is 29.9 Å². The van der Waals surface area contributed by atoms with Gasteiger partial charge in [-0.3, -0.25) is 0 Å². The van der Waals surface area contributed by atoms with Gasteiger partial charge in [0, 0.05) is 12.1 Å². The van der Waals surface area contributed by atoms with Gasteiger partial charge in [-0.2, -0.15) is 0 Å². The molecule has 0 atom stereocenters. The molecule has 4 nitrogen and oxygen atoms in total. The minimum atomic E-state index is 0.681. The number of aryl methyl sites for hydroxylation is 1. The molecule has 0 aliphatic heterocycles. The first-order valence-corrected chi connectivity index (χ1v) is 6.12. The molecular weight excluding hydrogens is 224 g/mol. The lowest BCUT2D eigenvalue weighted by Gasteiger charge is -2.10. The molecule has 0 spiro atoms. The molecule has 0 aliphatic carbocycles. The molecule has 2 aromatic rings. The SMILES string of the molecule is Cc1ccc(-c2ncncc2NCCCN)cc1. The van der Waals surface area contributed by atoms with Crippen LogP contribution in [0.1, 0.15) is 12.0 Å². The molecule has 1 aromatic heterocycles. The van der Waals surface area contributed by atoms with E-state index in [1.807, 2.05) is 0 Å². The second kappa shape index (κ2) is 6.12. The molecular formula is C14H18N4. The fourth-order valence-electron chi connectivity index (χ4n) is 1.73. The van der Waals surface area contributed by atoms with Gasteiger partial charge in [-0.15, -0.1) is 0 Å². The van der Waals surface area contributed by atoms with Crippen LogP contribution >= 0.6 is 0 Å². The molecule has 0 radical (unpaired) electrons. The minimum absolute atomic E-state index is 0.681. The maximum absolute atomic E-state index is 5.49. The van der Waals surface area contributed by atoms with Gasteiger partial charge in [0.15, 0.2) is 0 Å². The highest BCUT2D eigenvalue weighted by Crippen LogP contribution is 2.24. The number of nitrogens with zero attached hydrogens (tertiary/aromatic N) is 2. The summed E-state index contributed by atoms with van der Waals surface area (Å²) in [6.07, 6.45) is 4.31. The average molecular weight is 242 g/mol. The van der Waals surface area contributed by atoms with Gasteiger partial charge in [0.25, 0.3) is 0 Å². The molecule has 94 valence electrons. The first-order chi connectivity index (χ1) is 8.81. The van der Waals surface area contributed by atoms with E-state index in [2.05, 4.69) is 46.5 Å². The van der Waals surface area contributed by atoms with Gasteiger partial charge in [0.2, 0.25) is 0 Å². The Morgan fingerprint density at radius 3 is 2.72 bits per heavy atom. The van der Waals surface area contributed by atoms with Gasteiger partial charge < -0.3 is 11.1 Å². The highest BCUT2D eigenvalue weighted by atomic mass is 14.9. The van der Waals surface area contributed by atoms with Gasteiger partial charge in [-0.05, 0) is 19.9 Å². The summed E-state index contributed by atoms with van der Waals surface area (Å²) < 4.78 is 0. The van der Waals surface area contributed by atoms with Crippen LogP contribution in [0.15, 0.2) is 36.8 Å². The third kappa shape index (κ3) is 3.05. The van der Waals surface area contributed by atoms with Crippen molar-refractivity contribution >= 4 is 5.69 Å². The quantitative estimate of drug-likeness (QED) is 0.789. The summed E-state index contributed by atoms with van der Waals surface area (Å²) in [7, 11) is 0.